The van der Waals surface area contributed by atoms with Crippen molar-refractivity contribution in [2.24, 2.45) is 0 Å². The van der Waals surface area contributed by atoms with Gasteiger partial charge in [0.2, 0.25) is 5.91 Å². The number of likely N-dealkylation sites (N-methyl/N-ethyl adjacent to an activating group) is 1. The van der Waals surface area contributed by atoms with E-state index in [-0.39, 0.29) is 12.3 Å². The van der Waals surface area contributed by atoms with E-state index in [4.69, 9.17) is 23.2 Å². The Balaban J connectivity index is 2.45. The van der Waals surface area contributed by atoms with E-state index in [1.54, 1.807) is 18.2 Å². The molecule has 0 radical (unpaired) electrons. The van der Waals surface area contributed by atoms with Crippen LogP contribution in [-0.2, 0) is 11.2 Å². The number of rotatable bonds is 5. The van der Waals surface area contributed by atoms with Gasteiger partial charge >= 0.3 is 0 Å². The van der Waals surface area contributed by atoms with Gasteiger partial charge in [-0.3, -0.25) is 4.79 Å². The highest BCUT2D eigenvalue weighted by Crippen LogP contribution is 2.21. The minimum atomic E-state index is -0.0314. The zero-order valence-corrected chi connectivity index (χ0v) is 11.5. The Morgan fingerprint density at radius 1 is 1.35 bits per heavy atom. The van der Waals surface area contributed by atoms with Gasteiger partial charge in [0.25, 0.3) is 0 Å². The monoisotopic (exact) mass is 274 g/mol. The molecule has 0 atom stereocenters. The molecule has 0 aliphatic heterocycles. The lowest BCUT2D eigenvalue weighted by atomic mass is 10.1. The van der Waals surface area contributed by atoms with Crippen molar-refractivity contribution in [3.8, 4) is 0 Å². The summed E-state index contributed by atoms with van der Waals surface area (Å²) in [6, 6.07) is 5.15. The number of hydrogen-bond acceptors (Lipinski definition) is 2. The number of nitrogens with one attached hydrogen (secondary N) is 1. The van der Waals surface area contributed by atoms with Crippen LogP contribution in [0.5, 0.6) is 0 Å². The highest BCUT2D eigenvalue weighted by atomic mass is 35.5. The Hall–Kier alpha value is -0.770. The molecule has 3 nitrogen and oxygen atoms in total. The van der Waals surface area contributed by atoms with Crippen LogP contribution in [0.25, 0.3) is 0 Å². The van der Waals surface area contributed by atoms with Crippen molar-refractivity contribution in [2.45, 2.75) is 6.42 Å². The summed E-state index contributed by atoms with van der Waals surface area (Å²) in [7, 11) is 3.92. The fraction of sp³-hybridized carbons (Fsp3) is 0.417. The van der Waals surface area contributed by atoms with Crippen molar-refractivity contribution < 1.29 is 4.79 Å². The minimum absolute atomic E-state index is 0.0314. The van der Waals surface area contributed by atoms with E-state index in [1.165, 1.54) is 0 Å². The molecule has 0 saturated heterocycles. The molecule has 1 rings (SSSR count). The third-order valence-electron chi connectivity index (χ3n) is 2.25. The van der Waals surface area contributed by atoms with E-state index in [2.05, 4.69) is 5.32 Å². The van der Waals surface area contributed by atoms with E-state index in [1.807, 2.05) is 19.0 Å². The molecule has 0 unspecified atom stereocenters. The molecule has 0 aromatic heterocycles. The third kappa shape index (κ3) is 5.39. The summed E-state index contributed by atoms with van der Waals surface area (Å²) in [5.74, 6) is -0.0314. The van der Waals surface area contributed by atoms with Gasteiger partial charge in [-0.25, -0.2) is 0 Å². The van der Waals surface area contributed by atoms with Gasteiger partial charge < -0.3 is 10.2 Å². The highest BCUT2D eigenvalue weighted by Gasteiger charge is 2.07. The quantitative estimate of drug-likeness (QED) is 0.893. The molecular weight excluding hydrogens is 259 g/mol. The Labute approximate surface area is 112 Å². The Morgan fingerprint density at radius 3 is 2.65 bits per heavy atom. The molecule has 0 aliphatic carbocycles. The zero-order valence-electron chi connectivity index (χ0n) is 9.96. The molecule has 0 saturated carbocycles. The molecule has 1 N–H and O–H groups in total. The first-order valence-electron chi connectivity index (χ1n) is 5.34. The summed E-state index contributed by atoms with van der Waals surface area (Å²) in [4.78, 5) is 13.6. The Kier molecular flexibility index (Phi) is 5.75. The smallest absolute Gasteiger partial charge is 0.224 e. The molecule has 0 spiro atoms. The summed E-state index contributed by atoms with van der Waals surface area (Å²) in [5, 5.41) is 3.94. The maximum absolute atomic E-state index is 11.6. The Bertz CT molecular complexity index is 394. The fourth-order valence-electron chi connectivity index (χ4n) is 1.32. The lowest BCUT2D eigenvalue weighted by Gasteiger charge is -2.10. The van der Waals surface area contributed by atoms with Crippen molar-refractivity contribution in [2.75, 3.05) is 27.2 Å². The van der Waals surface area contributed by atoms with Crippen molar-refractivity contribution in [1.82, 2.24) is 10.2 Å². The maximum atomic E-state index is 11.6. The van der Waals surface area contributed by atoms with Gasteiger partial charge in [-0.1, -0.05) is 29.3 Å². The molecule has 0 aliphatic rings. The summed E-state index contributed by atoms with van der Waals surface area (Å²) >= 11 is 11.8. The first-order valence-corrected chi connectivity index (χ1v) is 6.10. The van der Waals surface area contributed by atoms with Crippen LogP contribution in [0, 0.1) is 0 Å². The number of benzene rings is 1. The van der Waals surface area contributed by atoms with Gasteiger partial charge in [0.1, 0.15) is 0 Å². The van der Waals surface area contributed by atoms with Crippen LogP contribution in [0.2, 0.25) is 10.0 Å². The normalized spacial score (nSPS) is 10.6. The van der Waals surface area contributed by atoms with Gasteiger partial charge in [-0.05, 0) is 31.8 Å². The number of carbonyl (C=O) groups is 1. The summed E-state index contributed by atoms with van der Waals surface area (Å²) in [6.07, 6.45) is 0.281. The maximum Gasteiger partial charge on any atom is 0.224 e. The van der Waals surface area contributed by atoms with Gasteiger partial charge in [0, 0.05) is 23.1 Å². The van der Waals surface area contributed by atoms with Gasteiger partial charge in [0.15, 0.2) is 0 Å². The van der Waals surface area contributed by atoms with E-state index < -0.39 is 0 Å². The summed E-state index contributed by atoms with van der Waals surface area (Å²) in [5.41, 5.74) is 0.790. The van der Waals surface area contributed by atoms with E-state index in [9.17, 15) is 4.79 Å². The first-order chi connectivity index (χ1) is 7.99. The van der Waals surface area contributed by atoms with Crippen LogP contribution in [0.3, 0.4) is 0 Å². The Morgan fingerprint density at radius 2 is 2.06 bits per heavy atom. The first kappa shape index (κ1) is 14.3. The molecule has 1 aromatic carbocycles. The second-order valence-corrected chi connectivity index (χ2v) is 4.91. The second-order valence-electron chi connectivity index (χ2n) is 4.07. The van der Waals surface area contributed by atoms with Crippen molar-refractivity contribution in [1.29, 1.82) is 0 Å². The molecule has 5 heteroatoms. The van der Waals surface area contributed by atoms with Crippen LogP contribution in [0.1, 0.15) is 5.56 Å². The topological polar surface area (TPSA) is 32.3 Å². The van der Waals surface area contributed by atoms with Crippen LogP contribution in [0.15, 0.2) is 18.2 Å². The number of amides is 1. The molecular formula is C12H16Cl2N2O. The van der Waals surface area contributed by atoms with Crippen LogP contribution >= 0.6 is 23.2 Å². The van der Waals surface area contributed by atoms with E-state index >= 15 is 0 Å². The zero-order chi connectivity index (χ0) is 12.8. The SMILES string of the molecule is CN(C)CCNC(=O)Cc1ccc(Cl)cc1Cl. The number of halogens is 2. The van der Waals surface area contributed by atoms with Gasteiger partial charge in [-0.15, -0.1) is 0 Å². The van der Waals surface area contributed by atoms with Crippen LogP contribution in [-0.4, -0.2) is 38.0 Å². The van der Waals surface area contributed by atoms with Crippen molar-refractivity contribution >= 4 is 29.1 Å². The minimum Gasteiger partial charge on any atom is -0.355 e. The summed E-state index contributed by atoms with van der Waals surface area (Å²) < 4.78 is 0. The number of hydrogen-bond donors (Lipinski definition) is 1. The average molecular weight is 275 g/mol. The van der Waals surface area contributed by atoms with Gasteiger partial charge in [0.05, 0.1) is 6.42 Å². The molecule has 0 fully saturated rings. The average Bonchev–Trinajstić information content (AvgIpc) is 2.21. The van der Waals surface area contributed by atoms with E-state index in [0.717, 1.165) is 12.1 Å². The third-order valence-corrected chi connectivity index (χ3v) is 2.83. The molecule has 0 bridgehead atoms. The molecule has 94 valence electrons. The molecule has 0 heterocycles. The second kappa shape index (κ2) is 6.84. The lowest BCUT2D eigenvalue weighted by Crippen LogP contribution is -2.32. The fourth-order valence-corrected chi connectivity index (χ4v) is 1.79. The molecule has 1 amide bonds. The number of nitrogens with zero attached hydrogens (tertiary/aromatic N) is 1. The molecule has 1 aromatic rings. The molecule has 17 heavy (non-hydrogen) atoms. The lowest BCUT2D eigenvalue weighted by molar-refractivity contribution is -0.120. The van der Waals surface area contributed by atoms with Crippen molar-refractivity contribution in [3.63, 3.8) is 0 Å². The van der Waals surface area contributed by atoms with Crippen LogP contribution in [0.4, 0.5) is 0 Å². The largest absolute Gasteiger partial charge is 0.355 e. The summed E-state index contributed by atoms with van der Waals surface area (Å²) in [6.45, 7) is 1.46. The standard InChI is InChI=1S/C12H16Cl2N2O/c1-16(2)6-5-15-12(17)7-9-3-4-10(13)8-11(9)14/h3-4,8H,5-7H2,1-2H3,(H,15,17). The van der Waals surface area contributed by atoms with Crippen LogP contribution < -0.4 is 5.32 Å². The predicted molar refractivity (Wildman–Crippen MR) is 71.7 cm³/mol. The highest BCUT2D eigenvalue weighted by molar-refractivity contribution is 6.35. The van der Waals surface area contributed by atoms with Crippen molar-refractivity contribution in [3.05, 3.63) is 33.8 Å². The van der Waals surface area contributed by atoms with Gasteiger partial charge in [-0.2, -0.15) is 0 Å². The van der Waals surface area contributed by atoms with E-state index in [0.29, 0.717) is 16.6 Å². The number of carbonyl (C=O) groups excluding carboxylic acids is 1. The predicted octanol–water partition coefficient (Wildman–Crippen LogP) is 2.21.